The molecule has 0 unspecified atom stereocenters. The summed E-state index contributed by atoms with van der Waals surface area (Å²) in [4.78, 5) is 1.31. The summed E-state index contributed by atoms with van der Waals surface area (Å²) in [7, 11) is 0. The molecule has 1 aliphatic rings. The molecule has 116 valence electrons. The van der Waals surface area contributed by atoms with Crippen LogP contribution in [0.1, 0.15) is 0 Å². The van der Waals surface area contributed by atoms with Crippen molar-refractivity contribution in [2.24, 2.45) is 0 Å². The maximum absolute atomic E-state index is 10.2. The fraction of sp³-hybridized carbons (Fsp3) is 0.462. The fourth-order valence-electron chi connectivity index (χ4n) is 2.25. The van der Waals surface area contributed by atoms with E-state index in [1.54, 1.807) is 30.3 Å². The molecule has 1 aromatic carbocycles. The van der Waals surface area contributed by atoms with Crippen LogP contribution in [0.25, 0.3) is 0 Å². The van der Waals surface area contributed by atoms with E-state index in [9.17, 15) is 20.4 Å². The Morgan fingerprint density at radius 2 is 1.81 bits per heavy atom. The topological polar surface area (TPSA) is 116 Å². The summed E-state index contributed by atoms with van der Waals surface area (Å²) < 4.78 is 0. The molecule has 1 aliphatic heterocycles. The van der Waals surface area contributed by atoms with E-state index in [2.05, 4.69) is 5.32 Å². The second kappa shape index (κ2) is 6.65. The predicted molar refractivity (Wildman–Crippen MR) is 79.6 cm³/mol. The largest absolute Gasteiger partial charge is 0.394 e. The zero-order valence-corrected chi connectivity index (χ0v) is 11.9. The van der Waals surface area contributed by atoms with Crippen molar-refractivity contribution < 1.29 is 25.5 Å². The Hall–Kier alpha value is -1.29. The number of nitrogens with zero attached hydrogens (tertiary/aromatic N) is 1. The van der Waals surface area contributed by atoms with Gasteiger partial charge in [0.1, 0.15) is 18.3 Å². The van der Waals surface area contributed by atoms with Gasteiger partial charge in [-0.3, -0.25) is 4.90 Å². The SMILES string of the molecule is OC[C@@H](O)[C@@H](O)[C@@H]1NC(=S)N(c2ccccc2)[C@@H](O)[C@@H]1O. The number of aliphatic hydroxyl groups excluding tert-OH is 5. The molecule has 21 heavy (non-hydrogen) atoms. The first-order chi connectivity index (χ1) is 9.97. The Bertz CT molecular complexity index is 489. The Morgan fingerprint density at radius 1 is 1.19 bits per heavy atom. The Kier molecular flexibility index (Phi) is 5.09. The van der Waals surface area contributed by atoms with Gasteiger partial charge in [-0.05, 0) is 24.4 Å². The summed E-state index contributed by atoms with van der Waals surface area (Å²) in [5.41, 5.74) is 0.581. The highest BCUT2D eigenvalue weighted by Gasteiger charge is 2.43. The van der Waals surface area contributed by atoms with Gasteiger partial charge in [0.05, 0.1) is 12.6 Å². The van der Waals surface area contributed by atoms with Gasteiger partial charge in [0.15, 0.2) is 11.3 Å². The smallest absolute Gasteiger partial charge is 0.176 e. The molecule has 1 heterocycles. The van der Waals surface area contributed by atoms with Gasteiger partial charge in [0, 0.05) is 5.69 Å². The average Bonchev–Trinajstić information content (AvgIpc) is 2.50. The zero-order chi connectivity index (χ0) is 15.6. The minimum absolute atomic E-state index is 0.105. The quantitative estimate of drug-likeness (QED) is 0.359. The van der Waals surface area contributed by atoms with Gasteiger partial charge in [0.25, 0.3) is 0 Å². The monoisotopic (exact) mass is 314 g/mol. The number of benzene rings is 1. The zero-order valence-electron chi connectivity index (χ0n) is 11.1. The molecule has 7 nitrogen and oxygen atoms in total. The second-order valence-electron chi connectivity index (χ2n) is 4.83. The van der Waals surface area contributed by atoms with E-state index < -0.39 is 37.2 Å². The molecule has 8 heteroatoms. The van der Waals surface area contributed by atoms with Crippen molar-refractivity contribution in [3.8, 4) is 0 Å². The summed E-state index contributed by atoms with van der Waals surface area (Å²) in [6.07, 6.45) is -5.72. The van der Waals surface area contributed by atoms with Crippen LogP contribution in [0.2, 0.25) is 0 Å². The number of nitrogens with one attached hydrogen (secondary N) is 1. The number of para-hydroxylation sites is 1. The number of aliphatic hydroxyl groups is 5. The van der Waals surface area contributed by atoms with Crippen LogP contribution in [0.3, 0.4) is 0 Å². The van der Waals surface area contributed by atoms with Gasteiger partial charge >= 0.3 is 0 Å². The number of hydrogen-bond acceptors (Lipinski definition) is 6. The number of rotatable bonds is 4. The van der Waals surface area contributed by atoms with Crippen molar-refractivity contribution in [3.05, 3.63) is 30.3 Å². The lowest BCUT2D eigenvalue weighted by molar-refractivity contribution is -0.0831. The van der Waals surface area contributed by atoms with Crippen molar-refractivity contribution in [2.45, 2.75) is 30.6 Å². The van der Waals surface area contributed by atoms with E-state index in [0.29, 0.717) is 5.69 Å². The minimum Gasteiger partial charge on any atom is -0.394 e. The van der Waals surface area contributed by atoms with E-state index in [4.69, 9.17) is 17.3 Å². The molecular formula is C13H18N2O5S. The minimum atomic E-state index is -1.48. The molecule has 6 N–H and O–H groups in total. The highest BCUT2D eigenvalue weighted by molar-refractivity contribution is 7.80. The third kappa shape index (κ3) is 3.15. The summed E-state index contributed by atoms with van der Waals surface area (Å²) >= 11 is 5.15. The van der Waals surface area contributed by atoms with Crippen LogP contribution >= 0.6 is 12.2 Å². The van der Waals surface area contributed by atoms with E-state index in [1.165, 1.54) is 4.90 Å². The molecular weight excluding hydrogens is 296 g/mol. The third-order valence-corrected chi connectivity index (χ3v) is 3.75. The summed E-state index contributed by atoms with van der Waals surface area (Å²) in [5, 5.41) is 51.4. The van der Waals surface area contributed by atoms with E-state index in [-0.39, 0.29) is 5.11 Å². The Morgan fingerprint density at radius 3 is 2.38 bits per heavy atom. The molecule has 1 aromatic rings. The molecule has 0 radical (unpaired) electrons. The summed E-state index contributed by atoms with van der Waals surface area (Å²) in [6.45, 7) is -0.669. The maximum Gasteiger partial charge on any atom is 0.176 e. The van der Waals surface area contributed by atoms with Crippen molar-refractivity contribution in [2.75, 3.05) is 11.5 Å². The molecule has 0 bridgehead atoms. The number of thiocarbonyl (C=S) groups is 1. The van der Waals surface area contributed by atoms with Crippen LogP contribution in [-0.2, 0) is 0 Å². The van der Waals surface area contributed by atoms with Crippen molar-refractivity contribution >= 4 is 23.0 Å². The highest BCUT2D eigenvalue weighted by Crippen LogP contribution is 2.24. The molecule has 1 saturated heterocycles. The Labute approximate surface area is 127 Å². The van der Waals surface area contributed by atoms with Crippen LogP contribution in [0.15, 0.2) is 30.3 Å². The van der Waals surface area contributed by atoms with Gasteiger partial charge in [-0.2, -0.15) is 0 Å². The molecule has 2 rings (SSSR count). The van der Waals surface area contributed by atoms with Gasteiger partial charge in [-0.1, -0.05) is 18.2 Å². The van der Waals surface area contributed by atoms with Crippen LogP contribution in [0.5, 0.6) is 0 Å². The first-order valence-electron chi connectivity index (χ1n) is 6.45. The van der Waals surface area contributed by atoms with Crippen LogP contribution in [0.4, 0.5) is 5.69 Å². The molecule has 0 saturated carbocycles. The van der Waals surface area contributed by atoms with Crippen LogP contribution in [0, 0.1) is 0 Å². The first kappa shape index (κ1) is 16.1. The lowest BCUT2D eigenvalue weighted by atomic mass is 9.96. The first-order valence-corrected chi connectivity index (χ1v) is 6.86. The molecule has 0 aliphatic carbocycles. The van der Waals surface area contributed by atoms with Gasteiger partial charge in [-0.25, -0.2) is 0 Å². The van der Waals surface area contributed by atoms with E-state index in [0.717, 1.165) is 0 Å². The lowest BCUT2D eigenvalue weighted by Crippen LogP contribution is -2.69. The van der Waals surface area contributed by atoms with Crippen molar-refractivity contribution in [1.29, 1.82) is 0 Å². The van der Waals surface area contributed by atoms with Crippen LogP contribution in [-0.4, -0.2) is 67.8 Å². The van der Waals surface area contributed by atoms with Gasteiger partial charge < -0.3 is 30.8 Å². The highest BCUT2D eigenvalue weighted by atomic mass is 32.1. The summed E-state index contributed by atoms with van der Waals surface area (Å²) in [6, 6.07) is 7.65. The van der Waals surface area contributed by atoms with Crippen LogP contribution < -0.4 is 10.2 Å². The lowest BCUT2D eigenvalue weighted by Gasteiger charge is -2.44. The Balaban J connectivity index is 2.21. The van der Waals surface area contributed by atoms with E-state index in [1.807, 2.05) is 0 Å². The average molecular weight is 314 g/mol. The fourth-order valence-corrected chi connectivity index (χ4v) is 2.60. The molecule has 0 spiro atoms. The van der Waals surface area contributed by atoms with Crippen molar-refractivity contribution in [3.63, 3.8) is 0 Å². The third-order valence-electron chi connectivity index (χ3n) is 3.43. The van der Waals surface area contributed by atoms with Gasteiger partial charge in [-0.15, -0.1) is 0 Å². The predicted octanol–water partition coefficient (Wildman–Crippen LogP) is -1.86. The maximum atomic E-state index is 10.2. The standard InChI is InChI=1S/C13H18N2O5S/c16-6-8(17)10(18)9-11(19)12(20)15(13(21)14-9)7-4-2-1-3-5-7/h1-5,8-12,16-20H,6H2,(H,14,21)/t8-,9+,10-,11-,12+/m1/s1. The van der Waals surface area contributed by atoms with Crippen molar-refractivity contribution in [1.82, 2.24) is 5.32 Å². The molecule has 0 amide bonds. The summed E-state index contributed by atoms with van der Waals surface area (Å²) in [5.74, 6) is 0. The second-order valence-corrected chi connectivity index (χ2v) is 5.21. The molecule has 1 fully saturated rings. The number of hydrogen-bond donors (Lipinski definition) is 6. The van der Waals surface area contributed by atoms with Gasteiger partial charge in [0.2, 0.25) is 0 Å². The molecule has 5 atom stereocenters. The normalized spacial score (nSPS) is 28.9. The van der Waals surface area contributed by atoms with E-state index >= 15 is 0 Å². The molecule has 0 aromatic heterocycles. The number of anilines is 1.